The highest BCUT2D eigenvalue weighted by atomic mass is 16.5. The lowest BCUT2D eigenvalue weighted by Gasteiger charge is -2.15. The number of benzene rings is 2. The van der Waals surface area contributed by atoms with Gasteiger partial charge in [-0.15, -0.1) is 0 Å². The van der Waals surface area contributed by atoms with Crippen molar-refractivity contribution < 1.29 is 4.74 Å². The van der Waals surface area contributed by atoms with Crippen LogP contribution in [0.3, 0.4) is 0 Å². The summed E-state index contributed by atoms with van der Waals surface area (Å²) >= 11 is 0. The third-order valence-electron chi connectivity index (χ3n) is 5.08. The summed E-state index contributed by atoms with van der Waals surface area (Å²) in [6.07, 6.45) is 2.09. The van der Waals surface area contributed by atoms with Crippen LogP contribution in [-0.2, 0) is 0 Å². The Morgan fingerprint density at radius 2 is 2.00 bits per heavy atom. The summed E-state index contributed by atoms with van der Waals surface area (Å²) in [5.74, 6) is 1.55. The van der Waals surface area contributed by atoms with Crippen LogP contribution in [0.1, 0.15) is 24.0 Å². The van der Waals surface area contributed by atoms with Crippen LogP contribution in [0.15, 0.2) is 36.5 Å². The maximum atomic E-state index is 6.13. The second-order valence-corrected chi connectivity index (χ2v) is 6.96. The Bertz CT molecular complexity index is 1190. The number of nitrogen functional groups attached to an aromatic ring is 2. The lowest BCUT2D eigenvalue weighted by Crippen LogP contribution is -2.04. The predicted octanol–water partition coefficient (Wildman–Crippen LogP) is 3.54. The average Bonchev–Trinajstić information content (AvgIpc) is 3.17. The van der Waals surface area contributed by atoms with E-state index in [1.165, 1.54) is 10.9 Å². The van der Waals surface area contributed by atoms with Gasteiger partial charge in [-0.2, -0.15) is 4.98 Å². The molecule has 6 heteroatoms. The molecule has 26 heavy (non-hydrogen) atoms. The summed E-state index contributed by atoms with van der Waals surface area (Å²) in [5.41, 5.74) is 17.2. The fourth-order valence-electron chi connectivity index (χ4n) is 3.90. The number of aromatic nitrogens is 3. The van der Waals surface area contributed by atoms with Gasteiger partial charge >= 0.3 is 0 Å². The normalized spacial score (nSPS) is 16.2. The third kappa shape index (κ3) is 1.98. The zero-order valence-electron chi connectivity index (χ0n) is 14.7. The average molecular weight is 345 g/mol. The molecule has 0 fully saturated rings. The molecule has 0 bridgehead atoms. The number of hydrogen-bond donors (Lipinski definition) is 2. The van der Waals surface area contributed by atoms with Gasteiger partial charge in [-0.1, -0.05) is 18.6 Å². The summed E-state index contributed by atoms with van der Waals surface area (Å²) in [7, 11) is 0. The van der Waals surface area contributed by atoms with Gasteiger partial charge in [-0.25, -0.2) is 4.98 Å². The molecule has 130 valence electrons. The molecule has 0 saturated carbocycles. The minimum Gasteiger partial charge on any atom is -0.492 e. The molecule has 5 rings (SSSR count). The van der Waals surface area contributed by atoms with Crippen molar-refractivity contribution >= 4 is 33.6 Å². The number of nitrogens with zero attached hydrogens (tertiary/aromatic N) is 3. The number of nitrogens with two attached hydrogens (primary N) is 2. The van der Waals surface area contributed by atoms with Gasteiger partial charge in [-0.3, -0.25) is 0 Å². The number of ether oxygens (including phenoxy) is 1. The van der Waals surface area contributed by atoms with Gasteiger partial charge in [0.05, 0.1) is 28.7 Å². The van der Waals surface area contributed by atoms with Crippen LogP contribution in [0.25, 0.3) is 27.5 Å². The molecule has 2 aromatic carbocycles. The summed E-state index contributed by atoms with van der Waals surface area (Å²) in [5, 5.41) is 1.95. The number of fused-ring (bicyclic) bond motifs is 4. The maximum Gasteiger partial charge on any atom is 0.222 e. The lowest BCUT2D eigenvalue weighted by molar-refractivity contribution is 0.340. The summed E-state index contributed by atoms with van der Waals surface area (Å²) in [6, 6.07) is 10.6. The Labute approximate surface area is 150 Å². The van der Waals surface area contributed by atoms with E-state index in [1.807, 2.05) is 6.07 Å². The molecular formula is C20H19N5O. The van der Waals surface area contributed by atoms with Crippen LogP contribution in [-0.4, -0.2) is 21.1 Å². The van der Waals surface area contributed by atoms with Crippen LogP contribution >= 0.6 is 0 Å². The molecule has 1 atom stereocenters. The van der Waals surface area contributed by atoms with Gasteiger partial charge in [0.2, 0.25) is 5.95 Å². The molecule has 0 amide bonds. The van der Waals surface area contributed by atoms with Crippen molar-refractivity contribution in [2.24, 2.45) is 0 Å². The first kappa shape index (κ1) is 15.0. The zero-order valence-corrected chi connectivity index (χ0v) is 14.7. The molecular weight excluding hydrogens is 326 g/mol. The molecule has 1 aliphatic rings. The van der Waals surface area contributed by atoms with Gasteiger partial charge in [-0.05, 0) is 31.2 Å². The van der Waals surface area contributed by atoms with E-state index in [1.54, 1.807) is 0 Å². The molecule has 2 aromatic heterocycles. The summed E-state index contributed by atoms with van der Waals surface area (Å²) < 4.78 is 8.19. The quantitative estimate of drug-likeness (QED) is 0.550. The highest BCUT2D eigenvalue weighted by Gasteiger charge is 2.29. The molecule has 0 aliphatic carbocycles. The standard InChI is InChI=1S/C20H19N5O/c1-10-3-4-14-12(7-10)5-6-25(14)15-8-13-17(19(21)24-20(22)23-13)18-16(15)11(2)9-26-18/h3-8,11H,9H2,1-2H3,(H4,21,22,23,24). The predicted molar refractivity (Wildman–Crippen MR) is 104 cm³/mol. The van der Waals surface area contributed by atoms with Crippen molar-refractivity contribution in [2.45, 2.75) is 19.8 Å². The van der Waals surface area contributed by atoms with Crippen LogP contribution in [0.4, 0.5) is 11.8 Å². The second kappa shape index (κ2) is 5.11. The van der Waals surface area contributed by atoms with Crippen molar-refractivity contribution in [1.82, 2.24) is 14.5 Å². The molecule has 6 nitrogen and oxygen atoms in total. The van der Waals surface area contributed by atoms with Crippen molar-refractivity contribution in [1.29, 1.82) is 0 Å². The van der Waals surface area contributed by atoms with E-state index in [4.69, 9.17) is 16.2 Å². The van der Waals surface area contributed by atoms with Crippen LogP contribution < -0.4 is 16.2 Å². The van der Waals surface area contributed by atoms with E-state index >= 15 is 0 Å². The monoisotopic (exact) mass is 345 g/mol. The molecule has 1 unspecified atom stereocenters. The molecule has 0 saturated heterocycles. The van der Waals surface area contributed by atoms with Gasteiger partial charge < -0.3 is 20.8 Å². The van der Waals surface area contributed by atoms with E-state index in [2.05, 4.69) is 58.8 Å². The van der Waals surface area contributed by atoms with E-state index in [0.717, 1.165) is 27.9 Å². The number of rotatable bonds is 1. The first-order valence-electron chi connectivity index (χ1n) is 8.63. The van der Waals surface area contributed by atoms with Crippen molar-refractivity contribution in [3.05, 3.63) is 47.7 Å². The number of hydrogen-bond acceptors (Lipinski definition) is 5. The molecule has 1 aliphatic heterocycles. The SMILES string of the molecule is Cc1ccc2c(ccn2-c2cc3nc(N)nc(N)c3c3c2C(C)CO3)c1. The minimum atomic E-state index is 0.167. The zero-order chi connectivity index (χ0) is 18.0. The van der Waals surface area contributed by atoms with E-state index in [0.29, 0.717) is 17.9 Å². The van der Waals surface area contributed by atoms with E-state index in [9.17, 15) is 0 Å². The van der Waals surface area contributed by atoms with Gasteiger partial charge in [0.25, 0.3) is 0 Å². The van der Waals surface area contributed by atoms with Crippen LogP contribution in [0, 0.1) is 6.92 Å². The highest BCUT2D eigenvalue weighted by molar-refractivity contribution is 5.98. The Morgan fingerprint density at radius 1 is 1.15 bits per heavy atom. The van der Waals surface area contributed by atoms with Crippen molar-refractivity contribution in [3.8, 4) is 11.4 Å². The summed E-state index contributed by atoms with van der Waals surface area (Å²) in [6.45, 7) is 4.87. The molecule has 4 aromatic rings. The van der Waals surface area contributed by atoms with Crippen molar-refractivity contribution in [3.63, 3.8) is 0 Å². The topological polar surface area (TPSA) is 92.0 Å². The number of anilines is 2. The Balaban J connectivity index is 1.89. The minimum absolute atomic E-state index is 0.167. The van der Waals surface area contributed by atoms with E-state index in [-0.39, 0.29) is 11.9 Å². The molecule has 4 N–H and O–H groups in total. The van der Waals surface area contributed by atoms with Gasteiger partial charge in [0.15, 0.2) is 0 Å². The Kier molecular flexibility index (Phi) is 2.95. The lowest BCUT2D eigenvalue weighted by atomic mass is 9.98. The van der Waals surface area contributed by atoms with Crippen LogP contribution in [0.5, 0.6) is 5.75 Å². The maximum absolute atomic E-state index is 6.13. The Morgan fingerprint density at radius 3 is 2.85 bits per heavy atom. The molecule has 0 radical (unpaired) electrons. The molecule has 0 spiro atoms. The second-order valence-electron chi connectivity index (χ2n) is 6.96. The fraction of sp³-hybridized carbons (Fsp3) is 0.200. The smallest absolute Gasteiger partial charge is 0.222 e. The third-order valence-corrected chi connectivity index (χ3v) is 5.08. The van der Waals surface area contributed by atoms with Gasteiger partial charge in [0, 0.05) is 23.1 Å². The fourth-order valence-corrected chi connectivity index (χ4v) is 3.90. The van der Waals surface area contributed by atoms with Gasteiger partial charge in [0.1, 0.15) is 11.6 Å². The van der Waals surface area contributed by atoms with Crippen LogP contribution in [0.2, 0.25) is 0 Å². The number of aryl methyl sites for hydroxylation is 1. The first-order chi connectivity index (χ1) is 12.5. The first-order valence-corrected chi connectivity index (χ1v) is 8.63. The Hall–Kier alpha value is -3.28. The largest absolute Gasteiger partial charge is 0.492 e. The summed E-state index contributed by atoms with van der Waals surface area (Å²) in [4.78, 5) is 8.51. The molecule has 3 heterocycles. The van der Waals surface area contributed by atoms with Crippen molar-refractivity contribution in [2.75, 3.05) is 18.1 Å². The highest BCUT2D eigenvalue weighted by Crippen LogP contribution is 2.45. The van der Waals surface area contributed by atoms with E-state index < -0.39 is 0 Å².